The smallest absolute Gasteiger partial charge is 0.275 e. The zero-order valence-electron chi connectivity index (χ0n) is 9.48. The first-order valence-corrected chi connectivity index (χ1v) is 5.24. The van der Waals surface area contributed by atoms with Crippen LogP contribution in [0.15, 0.2) is 12.1 Å². The Morgan fingerprint density at radius 1 is 1.47 bits per heavy atom. The molecule has 0 saturated carbocycles. The second-order valence-corrected chi connectivity index (χ2v) is 3.61. The molecular formula is C11H14FNO4. The summed E-state index contributed by atoms with van der Waals surface area (Å²) in [6.45, 7) is 1.86. The Balaban J connectivity index is 2.74. The number of nitrogens with zero attached hydrogens (tertiary/aromatic N) is 1. The molecule has 1 N–H and O–H groups in total. The molecule has 0 aliphatic carbocycles. The van der Waals surface area contributed by atoms with E-state index in [1.165, 1.54) is 13.0 Å². The van der Waals surface area contributed by atoms with Crippen molar-refractivity contribution in [3.8, 4) is 5.75 Å². The zero-order chi connectivity index (χ0) is 12.8. The molecule has 0 spiro atoms. The van der Waals surface area contributed by atoms with Gasteiger partial charge >= 0.3 is 0 Å². The lowest BCUT2D eigenvalue weighted by Crippen LogP contribution is -2.02. The summed E-state index contributed by atoms with van der Waals surface area (Å²) in [6, 6.07) is 2.17. The van der Waals surface area contributed by atoms with Gasteiger partial charge in [-0.2, -0.15) is 0 Å². The molecule has 17 heavy (non-hydrogen) atoms. The van der Waals surface area contributed by atoms with E-state index >= 15 is 0 Å². The van der Waals surface area contributed by atoms with Crippen LogP contribution in [0.1, 0.15) is 18.4 Å². The van der Waals surface area contributed by atoms with Crippen molar-refractivity contribution in [2.45, 2.75) is 19.8 Å². The Bertz CT molecular complexity index is 409. The van der Waals surface area contributed by atoms with Crippen LogP contribution in [0.2, 0.25) is 0 Å². The average molecular weight is 243 g/mol. The van der Waals surface area contributed by atoms with Gasteiger partial charge in [0.15, 0.2) is 11.6 Å². The predicted molar refractivity (Wildman–Crippen MR) is 59.6 cm³/mol. The molecule has 0 amide bonds. The van der Waals surface area contributed by atoms with E-state index in [-0.39, 0.29) is 24.7 Å². The third kappa shape index (κ3) is 3.67. The lowest BCUT2D eigenvalue weighted by atomic mass is 10.2. The monoisotopic (exact) mass is 243 g/mol. The van der Waals surface area contributed by atoms with Crippen LogP contribution < -0.4 is 4.74 Å². The second-order valence-electron chi connectivity index (χ2n) is 3.61. The summed E-state index contributed by atoms with van der Waals surface area (Å²) in [5.41, 5.74) is 0.0961. The van der Waals surface area contributed by atoms with Crippen LogP contribution in [-0.2, 0) is 0 Å². The van der Waals surface area contributed by atoms with Crippen molar-refractivity contribution in [3.63, 3.8) is 0 Å². The molecule has 1 rings (SSSR count). The van der Waals surface area contributed by atoms with Gasteiger partial charge < -0.3 is 9.84 Å². The quantitative estimate of drug-likeness (QED) is 0.472. The highest BCUT2D eigenvalue weighted by Gasteiger charge is 2.16. The molecule has 0 saturated heterocycles. The minimum Gasteiger partial charge on any atom is -0.490 e. The fraction of sp³-hybridized carbons (Fsp3) is 0.455. The minimum absolute atomic E-state index is 0.00559. The number of rotatable bonds is 6. The zero-order valence-corrected chi connectivity index (χ0v) is 9.48. The Morgan fingerprint density at radius 2 is 2.18 bits per heavy atom. The highest BCUT2D eigenvalue weighted by atomic mass is 19.1. The third-order valence-corrected chi connectivity index (χ3v) is 2.26. The van der Waals surface area contributed by atoms with E-state index in [0.717, 1.165) is 6.07 Å². The molecule has 0 atom stereocenters. The predicted octanol–water partition coefficient (Wildman–Crippen LogP) is 2.19. The van der Waals surface area contributed by atoms with E-state index in [4.69, 9.17) is 9.84 Å². The van der Waals surface area contributed by atoms with Crippen molar-refractivity contribution >= 4 is 5.69 Å². The van der Waals surface area contributed by atoms with E-state index in [2.05, 4.69) is 0 Å². The summed E-state index contributed by atoms with van der Waals surface area (Å²) in [6.07, 6.45) is 1.18. The first-order valence-electron chi connectivity index (χ1n) is 5.24. The van der Waals surface area contributed by atoms with Crippen LogP contribution in [0, 0.1) is 22.9 Å². The number of benzene rings is 1. The number of nitro groups is 1. The second kappa shape index (κ2) is 6.15. The maximum atomic E-state index is 13.4. The summed E-state index contributed by atoms with van der Waals surface area (Å²) in [5.74, 6) is -0.739. The van der Waals surface area contributed by atoms with E-state index in [1.807, 2.05) is 0 Å². The lowest BCUT2D eigenvalue weighted by Gasteiger charge is -2.07. The molecule has 0 heterocycles. The van der Waals surface area contributed by atoms with Gasteiger partial charge in [0.2, 0.25) is 0 Å². The van der Waals surface area contributed by atoms with Crippen LogP contribution in [0.25, 0.3) is 0 Å². The minimum atomic E-state index is -0.744. The SMILES string of the molecule is Cc1cc(OCCCCO)c(F)cc1[N+](=O)[O-]. The number of hydrogen-bond acceptors (Lipinski definition) is 4. The van der Waals surface area contributed by atoms with Gasteiger partial charge in [0, 0.05) is 12.2 Å². The molecule has 0 bridgehead atoms. The Morgan fingerprint density at radius 3 is 2.76 bits per heavy atom. The summed E-state index contributed by atoms with van der Waals surface area (Å²) in [7, 11) is 0. The van der Waals surface area contributed by atoms with Gasteiger partial charge in [-0.25, -0.2) is 4.39 Å². The van der Waals surface area contributed by atoms with Crippen LogP contribution >= 0.6 is 0 Å². The molecule has 0 radical (unpaired) electrons. The first kappa shape index (κ1) is 13.4. The normalized spacial score (nSPS) is 10.3. The van der Waals surface area contributed by atoms with E-state index in [9.17, 15) is 14.5 Å². The third-order valence-electron chi connectivity index (χ3n) is 2.26. The molecule has 1 aromatic carbocycles. The Kier molecular flexibility index (Phi) is 4.84. The van der Waals surface area contributed by atoms with Gasteiger partial charge in [-0.3, -0.25) is 10.1 Å². The maximum Gasteiger partial charge on any atom is 0.275 e. The average Bonchev–Trinajstić information content (AvgIpc) is 2.28. The van der Waals surface area contributed by atoms with Gasteiger partial charge in [0.05, 0.1) is 17.6 Å². The van der Waals surface area contributed by atoms with Gasteiger partial charge in [0.25, 0.3) is 5.69 Å². The van der Waals surface area contributed by atoms with Crippen molar-refractivity contribution < 1.29 is 19.2 Å². The molecule has 5 nitrogen and oxygen atoms in total. The molecule has 0 aliphatic heterocycles. The molecule has 94 valence electrons. The van der Waals surface area contributed by atoms with Crippen LogP contribution in [0.3, 0.4) is 0 Å². The Labute approximate surface area is 98.0 Å². The number of aliphatic hydroxyl groups excluding tert-OH is 1. The van der Waals surface area contributed by atoms with Crippen LogP contribution in [-0.4, -0.2) is 23.2 Å². The molecule has 0 aliphatic rings. The molecular weight excluding hydrogens is 229 g/mol. The summed E-state index contributed by atoms with van der Waals surface area (Å²) < 4.78 is 18.6. The van der Waals surface area contributed by atoms with Crippen molar-refractivity contribution in [1.29, 1.82) is 0 Å². The molecule has 6 heteroatoms. The van der Waals surface area contributed by atoms with Crippen molar-refractivity contribution in [3.05, 3.63) is 33.6 Å². The molecule has 0 aromatic heterocycles. The fourth-order valence-electron chi connectivity index (χ4n) is 1.35. The topological polar surface area (TPSA) is 72.6 Å². The first-order chi connectivity index (χ1) is 8.06. The van der Waals surface area contributed by atoms with Gasteiger partial charge in [-0.15, -0.1) is 0 Å². The standard InChI is InChI=1S/C11H14FNO4/c1-8-6-11(17-5-3-2-4-14)9(12)7-10(8)13(15)16/h6-7,14H,2-5H2,1H3. The Hall–Kier alpha value is -1.69. The fourth-order valence-corrected chi connectivity index (χ4v) is 1.35. The number of nitro benzene ring substituents is 1. The molecule has 1 aromatic rings. The van der Waals surface area contributed by atoms with Crippen molar-refractivity contribution in [1.82, 2.24) is 0 Å². The van der Waals surface area contributed by atoms with E-state index in [0.29, 0.717) is 18.4 Å². The number of hydrogen-bond donors (Lipinski definition) is 1. The van der Waals surface area contributed by atoms with E-state index < -0.39 is 10.7 Å². The van der Waals surface area contributed by atoms with Crippen LogP contribution in [0.4, 0.5) is 10.1 Å². The van der Waals surface area contributed by atoms with Crippen molar-refractivity contribution in [2.24, 2.45) is 0 Å². The van der Waals surface area contributed by atoms with Gasteiger partial charge in [0.1, 0.15) is 0 Å². The number of halogens is 1. The lowest BCUT2D eigenvalue weighted by molar-refractivity contribution is -0.385. The highest BCUT2D eigenvalue weighted by Crippen LogP contribution is 2.27. The summed E-state index contributed by atoms with van der Waals surface area (Å²) in [4.78, 5) is 9.92. The van der Waals surface area contributed by atoms with Crippen molar-refractivity contribution in [2.75, 3.05) is 13.2 Å². The summed E-state index contributed by atoms with van der Waals surface area (Å²) in [5, 5.41) is 19.1. The number of aliphatic hydroxyl groups is 1. The van der Waals surface area contributed by atoms with E-state index in [1.54, 1.807) is 0 Å². The van der Waals surface area contributed by atoms with Gasteiger partial charge in [-0.1, -0.05) is 0 Å². The largest absolute Gasteiger partial charge is 0.490 e. The highest BCUT2D eigenvalue weighted by molar-refractivity contribution is 5.45. The number of aryl methyl sites for hydroxylation is 1. The number of ether oxygens (including phenoxy) is 1. The number of unbranched alkanes of at least 4 members (excludes halogenated alkanes) is 1. The van der Waals surface area contributed by atoms with Gasteiger partial charge in [-0.05, 0) is 25.8 Å². The van der Waals surface area contributed by atoms with Crippen LogP contribution in [0.5, 0.6) is 5.75 Å². The molecule has 0 fully saturated rings. The molecule has 0 unspecified atom stereocenters. The summed E-state index contributed by atoms with van der Waals surface area (Å²) >= 11 is 0. The maximum absolute atomic E-state index is 13.4.